The highest BCUT2D eigenvalue weighted by Gasteiger charge is 2.25. The Morgan fingerprint density at radius 3 is 3.06 bits per heavy atom. The Kier molecular flexibility index (Phi) is 4.24. The van der Waals surface area contributed by atoms with E-state index in [1.54, 1.807) is 0 Å². The van der Waals surface area contributed by atoms with Gasteiger partial charge < -0.3 is 4.90 Å². The zero-order chi connectivity index (χ0) is 11.4. The van der Waals surface area contributed by atoms with Crippen LogP contribution in [0.3, 0.4) is 0 Å². The Morgan fingerprint density at radius 2 is 2.38 bits per heavy atom. The van der Waals surface area contributed by atoms with Crippen molar-refractivity contribution in [3.05, 3.63) is 24.4 Å². The molecule has 0 amide bonds. The molecule has 3 heteroatoms. The summed E-state index contributed by atoms with van der Waals surface area (Å²) in [5.41, 5.74) is 0. The predicted octanol–water partition coefficient (Wildman–Crippen LogP) is 3.05. The Bertz CT molecular complexity index is 315. The van der Waals surface area contributed by atoms with E-state index in [4.69, 9.17) is 0 Å². The smallest absolute Gasteiger partial charge is 0.0962 e. The fourth-order valence-electron chi connectivity index (χ4n) is 2.30. The van der Waals surface area contributed by atoms with Gasteiger partial charge >= 0.3 is 0 Å². The maximum atomic E-state index is 4.39. The zero-order valence-electron chi connectivity index (χ0n) is 10.1. The van der Waals surface area contributed by atoms with Crippen molar-refractivity contribution in [2.75, 3.05) is 13.6 Å². The number of pyridine rings is 1. The largest absolute Gasteiger partial charge is 0.303 e. The molecule has 1 aliphatic heterocycles. The van der Waals surface area contributed by atoms with Crippen LogP contribution in [0.25, 0.3) is 0 Å². The topological polar surface area (TPSA) is 16.1 Å². The van der Waals surface area contributed by atoms with Gasteiger partial charge in [-0.2, -0.15) is 0 Å². The van der Waals surface area contributed by atoms with Crippen LogP contribution in [0, 0.1) is 0 Å². The second-order valence-corrected chi connectivity index (χ2v) is 5.80. The molecule has 2 atom stereocenters. The van der Waals surface area contributed by atoms with E-state index < -0.39 is 0 Å². The monoisotopic (exact) mass is 236 g/mol. The summed E-state index contributed by atoms with van der Waals surface area (Å²) in [7, 11) is 2.25. The van der Waals surface area contributed by atoms with Gasteiger partial charge in [-0.15, -0.1) is 11.8 Å². The molecule has 0 saturated carbocycles. The van der Waals surface area contributed by atoms with Crippen LogP contribution in [0.4, 0.5) is 0 Å². The van der Waals surface area contributed by atoms with Crippen LogP contribution < -0.4 is 0 Å². The molecule has 2 heterocycles. The summed E-state index contributed by atoms with van der Waals surface area (Å²) in [5.74, 6) is 0. The van der Waals surface area contributed by atoms with Crippen molar-refractivity contribution in [2.24, 2.45) is 0 Å². The SMILES string of the molecule is CCC1CC(Sc2ccccn2)CCN1C. The third kappa shape index (κ3) is 2.98. The minimum absolute atomic E-state index is 0.746. The van der Waals surface area contributed by atoms with E-state index in [0.29, 0.717) is 0 Å². The molecule has 1 aromatic heterocycles. The van der Waals surface area contributed by atoms with Gasteiger partial charge in [-0.1, -0.05) is 13.0 Å². The van der Waals surface area contributed by atoms with E-state index in [0.717, 1.165) is 11.3 Å². The second kappa shape index (κ2) is 5.69. The highest BCUT2D eigenvalue weighted by Crippen LogP contribution is 2.31. The van der Waals surface area contributed by atoms with Crippen molar-refractivity contribution in [1.82, 2.24) is 9.88 Å². The first-order chi connectivity index (χ1) is 7.79. The molecule has 1 fully saturated rings. The van der Waals surface area contributed by atoms with Crippen molar-refractivity contribution < 1.29 is 0 Å². The summed E-state index contributed by atoms with van der Waals surface area (Å²) in [6, 6.07) is 6.92. The predicted molar refractivity (Wildman–Crippen MR) is 69.8 cm³/mol. The molecule has 0 N–H and O–H groups in total. The van der Waals surface area contributed by atoms with E-state index in [1.165, 1.54) is 30.8 Å². The summed E-state index contributed by atoms with van der Waals surface area (Å²) in [6.45, 7) is 3.51. The third-order valence-corrected chi connectivity index (χ3v) is 4.60. The number of hydrogen-bond acceptors (Lipinski definition) is 3. The average molecular weight is 236 g/mol. The lowest BCUT2D eigenvalue weighted by Gasteiger charge is -2.36. The van der Waals surface area contributed by atoms with E-state index in [9.17, 15) is 0 Å². The number of aromatic nitrogens is 1. The minimum Gasteiger partial charge on any atom is -0.303 e. The molecule has 1 saturated heterocycles. The van der Waals surface area contributed by atoms with Crippen LogP contribution >= 0.6 is 11.8 Å². The Labute approximate surface area is 102 Å². The Balaban J connectivity index is 1.92. The molecule has 2 unspecified atom stereocenters. The number of nitrogens with zero attached hydrogens (tertiary/aromatic N) is 2. The van der Waals surface area contributed by atoms with Crippen molar-refractivity contribution in [3.8, 4) is 0 Å². The maximum Gasteiger partial charge on any atom is 0.0962 e. The summed E-state index contributed by atoms with van der Waals surface area (Å²) >= 11 is 1.95. The lowest BCUT2D eigenvalue weighted by Crippen LogP contribution is -2.40. The number of hydrogen-bond donors (Lipinski definition) is 0. The van der Waals surface area contributed by atoms with Gasteiger partial charge in [0, 0.05) is 17.5 Å². The van der Waals surface area contributed by atoms with Gasteiger partial charge in [-0.25, -0.2) is 4.98 Å². The van der Waals surface area contributed by atoms with Crippen molar-refractivity contribution in [2.45, 2.75) is 42.5 Å². The van der Waals surface area contributed by atoms with Crippen LogP contribution in [-0.2, 0) is 0 Å². The minimum atomic E-state index is 0.746. The summed E-state index contributed by atoms with van der Waals surface area (Å²) in [5, 5.41) is 1.92. The first-order valence-corrected chi connectivity index (χ1v) is 6.95. The van der Waals surface area contributed by atoms with Crippen molar-refractivity contribution in [3.63, 3.8) is 0 Å². The quantitative estimate of drug-likeness (QED) is 0.802. The van der Waals surface area contributed by atoms with Gasteiger partial charge in [-0.05, 0) is 45.0 Å². The van der Waals surface area contributed by atoms with Crippen molar-refractivity contribution in [1.29, 1.82) is 0 Å². The van der Waals surface area contributed by atoms with Crippen LogP contribution in [0.5, 0.6) is 0 Å². The Hall–Kier alpha value is -0.540. The molecule has 0 aliphatic carbocycles. The fraction of sp³-hybridized carbons (Fsp3) is 0.615. The zero-order valence-corrected chi connectivity index (χ0v) is 10.9. The van der Waals surface area contributed by atoms with Crippen molar-refractivity contribution >= 4 is 11.8 Å². The second-order valence-electron chi connectivity index (χ2n) is 4.47. The van der Waals surface area contributed by atoms with E-state index >= 15 is 0 Å². The molecule has 2 rings (SSSR count). The standard InChI is InChI=1S/C13H20N2S/c1-3-11-10-12(7-9-15(11)2)16-13-6-4-5-8-14-13/h4-6,8,11-12H,3,7,9-10H2,1-2H3. The van der Waals surface area contributed by atoms with Gasteiger partial charge in [0.25, 0.3) is 0 Å². The van der Waals surface area contributed by atoms with Crippen LogP contribution in [0.1, 0.15) is 26.2 Å². The lowest BCUT2D eigenvalue weighted by atomic mass is 10.0. The van der Waals surface area contributed by atoms with Gasteiger partial charge in [0.1, 0.15) is 0 Å². The van der Waals surface area contributed by atoms with E-state index in [-0.39, 0.29) is 0 Å². The molecule has 1 aliphatic rings. The maximum absolute atomic E-state index is 4.39. The first-order valence-electron chi connectivity index (χ1n) is 6.07. The van der Waals surface area contributed by atoms with Crippen LogP contribution in [-0.4, -0.2) is 34.8 Å². The molecule has 1 aromatic rings. The van der Waals surface area contributed by atoms with Crippen LogP contribution in [0.15, 0.2) is 29.4 Å². The summed E-state index contributed by atoms with van der Waals surface area (Å²) < 4.78 is 0. The molecule has 0 spiro atoms. The lowest BCUT2D eigenvalue weighted by molar-refractivity contribution is 0.185. The van der Waals surface area contributed by atoms with E-state index in [1.807, 2.05) is 24.0 Å². The third-order valence-electron chi connectivity index (χ3n) is 3.36. The van der Waals surface area contributed by atoms with Gasteiger partial charge in [0.05, 0.1) is 5.03 Å². The van der Waals surface area contributed by atoms with E-state index in [2.05, 4.69) is 36.0 Å². The molecule has 2 nitrogen and oxygen atoms in total. The molecule has 88 valence electrons. The van der Waals surface area contributed by atoms with Gasteiger partial charge in [0.15, 0.2) is 0 Å². The highest BCUT2D eigenvalue weighted by molar-refractivity contribution is 7.99. The van der Waals surface area contributed by atoms with Gasteiger partial charge in [0.2, 0.25) is 0 Å². The summed E-state index contributed by atoms with van der Waals surface area (Å²) in [6.07, 6.45) is 5.73. The molecule has 16 heavy (non-hydrogen) atoms. The fourth-order valence-corrected chi connectivity index (χ4v) is 3.47. The number of rotatable bonds is 3. The summed E-state index contributed by atoms with van der Waals surface area (Å²) in [4.78, 5) is 6.89. The normalized spacial score (nSPS) is 26.9. The number of piperidine rings is 1. The molecule has 0 radical (unpaired) electrons. The van der Waals surface area contributed by atoms with Crippen LogP contribution in [0.2, 0.25) is 0 Å². The highest BCUT2D eigenvalue weighted by atomic mass is 32.2. The molecule has 0 bridgehead atoms. The molecular weight excluding hydrogens is 216 g/mol. The number of likely N-dealkylation sites (tertiary alicyclic amines) is 1. The average Bonchev–Trinajstić information content (AvgIpc) is 2.33. The first kappa shape index (κ1) is 11.9. The molecular formula is C13H20N2S. The Morgan fingerprint density at radius 1 is 1.50 bits per heavy atom. The van der Waals surface area contributed by atoms with Gasteiger partial charge in [-0.3, -0.25) is 0 Å². The number of thioether (sulfide) groups is 1. The molecule has 0 aromatic carbocycles.